The fourth-order valence-corrected chi connectivity index (χ4v) is 1.24. The highest BCUT2D eigenvalue weighted by Crippen LogP contribution is 2.43. The maximum atomic E-state index is 8.38. The number of hydrogen-bond acceptors (Lipinski definition) is 3. The Balaban J connectivity index is 2.12. The number of hydrogen-bond donors (Lipinski definition) is 2. The molecule has 0 aromatic carbocycles. The van der Waals surface area contributed by atoms with Crippen molar-refractivity contribution in [2.75, 3.05) is 6.54 Å². The predicted octanol–water partition coefficient (Wildman–Crippen LogP) is 0.0134. The molecule has 44 valence electrons. The topological polar surface area (TPSA) is 44.6 Å². The van der Waals surface area contributed by atoms with Crippen LogP contribution in [0.2, 0.25) is 0 Å². The molecule has 0 spiro atoms. The Labute approximate surface area is 47.4 Å². The molecule has 1 saturated carbocycles. The first-order valence-electron chi connectivity index (χ1n) is 2.86. The molecule has 1 heterocycles. The SMILES string of the molecule is ONC1=NCC2CC12. The van der Waals surface area contributed by atoms with Gasteiger partial charge in [-0.3, -0.25) is 15.7 Å². The van der Waals surface area contributed by atoms with Gasteiger partial charge in [-0.15, -0.1) is 0 Å². The third kappa shape index (κ3) is 0.395. The minimum atomic E-state index is 0.583. The lowest BCUT2D eigenvalue weighted by molar-refractivity contribution is 0.231. The molecule has 2 rings (SSSR count). The van der Waals surface area contributed by atoms with Crippen molar-refractivity contribution < 1.29 is 5.21 Å². The van der Waals surface area contributed by atoms with Crippen LogP contribution in [0, 0.1) is 11.8 Å². The van der Waals surface area contributed by atoms with Crippen LogP contribution in [0.3, 0.4) is 0 Å². The summed E-state index contributed by atoms with van der Waals surface area (Å²) in [4.78, 5) is 4.04. The van der Waals surface area contributed by atoms with Crippen molar-refractivity contribution >= 4 is 5.84 Å². The zero-order valence-corrected chi connectivity index (χ0v) is 4.46. The summed E-state index contributed by atoms with van der Waals surface area (Å²) in [5.74, 6) is 2.15. The normalized spacial score (nSPS) is 40.9. The number of nitrogens with one attached hydrogen (secondary N) is 1. The van der Waals surface area contributed by atoms with Crippen LogP contribution in [-0.2, 0) is 0 Å². The summed E-state index contributed by atoms with van der Waals surface area (Å²) in [6, 6.07) is 0. The summed E-state index contributed by atoms with van der Waals surface area (Å²) in [6.45, 7) is 0.924. The van der Waals surface area contributed by atoms with Gasteiger partial charge in [0.05, 0.1) is 0 Å². The van der Waals surface area contributed by atoms with Gasteiger partial charge in [0.1, 0.15) is 5.84 Å². The summed E-state index contributed by atoms with van der Waals surface area (Å²) < 4.78 is 0. The number of nitrogens with zero attached hydrogens (tertiary/aromatic N) is 1. The van der Waals surface area contributed by atoms with Gasteiger partial charge in [0.15, 0.2) is 0 Å². The minimum absolute atomic E-state index is 0.583. The van der Waals surface area contributed by atoms with Crippen molar-refractivity contribution in [2.24, 2.45) is 16.8 Å². The Hall–Kier alpha value is -0.570. The Kier molecular flexibility index (Phi) is 0.663. The Bertz CT molecular complexity index is 143. The number of amidine groups is 1. The molecule has 0 saturated heterocycles. The molecular formula is C5H8N2O. The molecule has 0 amide bonds. The van der Waals surface area contributed by atoms with Gasteiger partial charge in [0.25, 0.3) is 0 Å². The Morgan fingerprint density at radius 2 is 2.62 bits per heavy atom. The zero-order chi connectivity index (χ0) is 5.56. The molecule has 0 bridgehead atoms. The first kappa shape index (κ1) is 4.32. The first-order valence-corrected chi connectivity index (χ1v) is 2.86. The van der Waals surface area contributed by atoms with Crippen LogP contribution in [-0.4, -0.2) is 17.6 Å². The lowest BCUT2D eigenvalue weighted by Gasteiger charge is -1.94. The van der Waals surface area contributed by atoms with Crippen molar-refractivity contribution in [2.45, 2.75) is 6.42 Å². The average molecular weight is 112 g/mol. The second kappa shape index (κ2) is 1.23. The third-order valence-corrected chi connectivity index (χ3v) is 1.88. The largest absolute Gasteiger partial charge is 0.290 e. The van der Waals surface area contributed by atoms with Gasteiger partial charge in [-0.25, -0.2) is 0 Å². The molecule has 8 heavy (non-hydrogen) atoms. The highest BCUT2D eigenvalue weighted by Gasteiger charge is 2.44. The average Bonchev–Trinajstić information content (AvgIpc) is 2.46. The summed E-state index contributed by atoms with van der Waals surface area (Å²) in [6.07, 6.45) is 1.23. The molecule has 0 radical (unpaired) electrons. The molecule has 1 fully saturated rings. The van der Waals surface area contributed by atoms with Crippen LogP contribution in [0.5, 0.6) is 0 Å². The predicted molar refractivity (Wildman–Crippen MR) is 28.8 cm³/mol. The molecule has 2 N–H and O–H groups in total. The quantitative estimate of drug-likeness (QED) is 0.434. The Morgan fingerprint density at radius 3 is 2.88 bits per heavy atom. The number of fused-ring (bicyclic) bond motifs is 1. The van der Waals surface area contributed by atoms with Crippen LogP contribution < -0.4 is 5.48 Å². The number of aliphatic imine (C=N–C) groups is 1. The van der Waals surface area contributed by atoms with E-state index in [1.807, 2.05) is 0 Å². The fourth-order valence-electron chi connectivity index (χ4n) is 1.24. The van der Waals surface area contributed by atoms with E-state index in [-0.39, 0.29) is 0 Å². The van der Waals surface area contributed by atoms with Crippen molar-refractivity contribution in [1.82, 2.24) is 5.48 Å². The maximum absolute atomic E-state index is 8.38. The molecule has 2 atom stereocenters. The van der Waals surface area contributed by atoms with Gasteiger partial charge < -0.3 is 0 Å². The van der Waals surface area contributed by atoms with Crippen molar-refractivity contribution in [3.05, 3.63) is 0 Å². The van der Waals surface area contributed by atoms with Crippen LogP contribution in [0.25, 0.3) is 0 Å². The van der Waals surface area contributed by atoms with E-state index in [9.17, 15) is 0 Å². The van der Waals surface area contributed by atoms with Crippen LogP contribution >= 0.6 is 0 Å². The molecule has 0 aromatic heterocycles. The lowest BCUT2D eigenvalue weighted by Crippen LogP contribution is -2.19. The standard InChI is InChI=1S/C5H8N2O/c8-7-5-4-1-3(4)2-6-5/h3-4,8H,1-2H2,(H,6,7). The van der Waals surface area contributed by atoms with Crippen molar-refractivity contribution in [1.29, 1.82) is 0 Å². The van der Waals surface area contributed by atoms with Gasteiger partial charge in [-0.1, -0.05) is 0 Å². The fraction of sp³-hybridized carbons (Fsp3) is 0.800. The molecule has 1 aliphatic carbocycles. The summed E-state index contributed by atoms with van der Waals surface area (Å²) in [7, 11) is 0. The minimum Gasteiger partial charge on any atom is -0.290 e. The van der Waals surface area contributed by atoms with Gasteiger partial charge >= 0.3 is 0 Å². The molecule has 3 heteroatoms. The van der Waals surface area contributed by atoms with Crippen molar-refractivity contribution in [3.63, 3.8) is 0 Å². The summed E-state index contributed by atoms with van der Waals surface area (Å²) in [5, 5.41) is 8.38. The monoisotopic (exact) mass is 112 g/mol. The third-order valence-electron chi connectivity index (χ3n) is 1.88. The summed E-state index contributed by atoms with van der Waals surface area (Å²) >= 11 is 0. The van der Waals surface area contributed by atoms with E-state index in [0.717, 1.165) is 18.3 Å². The van der Waals surface area contributed by atoms with E-state index in [2.05, 4.69) is 10.5 Å². The molecule has 2 unspecified atom stereocenters. The molecule has 0 aromatic rings. The molecule has 2 aliphatic rings. The van der Waals surface area contributed by atoms with Crippen LogP contribution in [0.1, 0.15) is 6.42 Å². The maximum Gasteiger partial charge on any atom is 0.124 e. The van der Waals surface area contributed by atoms with E-state index in [1.54, 1.807) is 0 Å². The van der Waals surface area contributed by atoms with E-state index in [0.29, 0.717) is 5.92 Å². The highest BCUT2D eigenvalue weighted by molar-refractivity contribution is 5.88. The van der Waals surface area contributed by atoms with E-state index in [1.165, 1.54) is 6.42 Å². The Morgan fingerprint density at radius 1 is 1.75 bits per heavy atom. The smallest absolute Gasteiger partial charge is 0.124 e. The lowest BCUT2D eigenvalue weighted by atomic mass is 10.3. The molecule has 1 aliphatic heterocycles. The van der Waals surface area contributed by atoms with Gasteiger partial charge in [0.2, 0.25) is 0 Å². The zero-order valence-electron chi connectivity index (χ0n) is 4.46. The molecule has 3 nitrogen and oxygen atoms in total. The van der Waals surface area contributed by atoms with Gasteiger partial charge in [-0.2, -0.15) is 0 Å². The van der Waals surface area contributed by atoms with Crippen LogP contribution in [0.4, 0.5) is 0 Å². The highest BCUT2D eigenvalue weighted by atomic mass is 16.5. The van der Waals surface area contributed by atoms with E-state index in [4.69, 9.17) is 5.21 Å². The van der Waals surface area contributed by atoms with Gasteiger partial charge in [0, 0.05) is 12.5 Å². The van der Waals surface area contributed by atoms with E-state index >= 15 is 0 Å². The number of hydroxylamine groups is 1. The van der Waals surface area contributed by atoms with E-state index < -0.39 is 0 Å². The van der Waals surface area contributed by atoms with Crippen molar-refractivity contribution in [3.8, 4) is 0 Å². The second-order valence-electron chi connectivity index (χ2n) is 2.44. The molecular weight excluding hydrogens is 104 g/mol. The van der Waals surface area contributed by atoms with Gasteiger partial charge in [-0.05, 0) is 12.3 Å². The van der Waals surface area contributed by atoms with Crippen LogP contribution in [0.15, 0.2) is 4.99 Å². The second-order valence-corrected chi connectivity index (χ2v) is 2.44. The summed E-state index contributed by atoms with van der Waals surface area (Å²) in [5.41, 5.74) is 2.11. The number of rotatable bonds is 0. The first-order chi connectivity index (χ1) is 3.92.